The van der Waals surface area contributed by atoms with Crippen LogP contribution in [0.5, 0.6) is 0 Å². The number of allylic oxidation sites excluding steroid dienone is 1. The van der Waals surface area contributed by atoms with Crippen molar-refractivity contribution in [1.29, 1.82) is 0 Å². The van der Waals surface area contributed by atoms with E-state index in [1.165, 1.54) is 12.3 Å². The molecular formula is C19H19NO3. The molecule has 2 N–H and O–H groups in total. The fraction of sp³-hybridized carbons (Fsp3) is 0.158. The highest BCUT2D eigenvalue weighted by Crippen LogP contribution is 2.06. The molecule has 4 heteroatoms. The average Bonchev–Trinajstić information content (AvgIpc) is 2.55. The molecule has 0 fully saturated rings. The minimum Gasteiger partial charge on any atom is -0.480 e. The van der Waals surface area contributed by atoms with Gasteiger partial charge in [0, 0.05) is 24.3 Å². The van der Waals surface area contributed by atoms with Crippen molar-refractivity contribution in [3.05, 3.63) is 83.6 Å². The van der Waals surface area contributed by atoms with E-state index in [4.69, 9.17) is 0 Å². The van der Waals surface area contributed by atoms with Gasteiger partial charge < -0.3 is 10.4 Å². The Morgan fingerprint density at radius 1 is 1.09 bits per heavy atom. The molecule has 0 aliphatic carbocycles. The lowest BCUT2D eigenvalue weighted by atomic mass is 10.1. The van der Waals surface area contributed by atoms with Crippen LogP contribution < -0.4 is 5.32 Å². The second kappa shape index (κ2) is 7.94. The molecule has 0 amide bonds. The van der Waals surface area contributed by atoms with Crippen molar-refractivity contribution in [2.24, 2.45) is 0 Å². The van der Waals surface area contributed by atoms with Gasteiger partial charge in [-0.1, -0.05) is 60.2 Å². The molecule has 0 saturated heterocycles. The summed E-state index contributed by atoms with van der Waals surface area (Å²) in [5.41, 5.74) is 2.58. The number of carboxylic acids is 1. The first-order chi connectivity index (χ1) is 11.1. The van der Waals surface area contributed by atoms with Gasteiger partial charge in [0.1, 0.15) is 6.04 Å². The Bertz CT molecular complexity index is 690. The highest BCUT2D eigenvalue weighted by molar-refractivity contribution is 6.04. The van der Waals surface area contributed by atoms with Crippen LogP contribution in [0.3, 0.4) is 0 Å². The maximum atomic E-state index is 12.0. The first kappa shape index (κ1) is 16.5. The molecule has 0 aromatic heterocycles. The Hall–Kier alpha value is -2.88. The molecule has 23 heavy (non-hydrogen) atoms. The standard InChI is InChI=1S/C19H19NO3/c1-14-7-9-16(10-8-14)18(21)11-12-20-17(19(22)23)13-15-5-3-2-4-6-15/h2-12,17,20H,13H2,1H3,(H,22,23)/b12-11-/t17-/m0/s1. The van der Waals surface area contributed by atoms with Crippen molar-refractivity contribution in [3.8, 4) is 0 Å². The molecule has 0 aliphatic rings. The number of aliphatic carboxylic acids is 1. The smallest absolute Gasteiger partial charge is 0.326 e. The first-order valence-electron chi connectivity index (χ1n) is 7.36. The summed E-state index contributed by atoms with van der Waals surface area (Å²) in [4.78, 5) is 23.3. The van der Waals surface area contributed by atoms with E-state index >= 15 is 0 Å². The zero-order chi connectivity index (χ0) is 16.7. The van der Waals surface area contributed by atoms with E-state index in [1.54, 1.807) is 12.1 Å². The van der Waals surface area contributed by atoms with Gasteiger partial charge in [0.15, 0.2) is 5.78 Å². The van der Waals surface area contributed by atoms with Crippen molar-refractivity contribution < 1.29 is 14.7 Å². The van der Waals surface area contributed by atoms with Crippen LogP contribution in [-0.4, -0.2) is 22.9 Å². The fourth-order valence-corrected chi connectivity index (χ4v) is 2.12. The van der Waals surface area contributed by atoms with Gasteiger partial charge in [-0.25, -0.2) is 4.79 Å². The Labute approximate surface area is 135 Å². The quantitative estimate of drug-likeness (QED) is 0.609. The van der Waals surface area contributed by atoms with Gasteiger partial charge >= 0.3 is 5.97 Å². The van der Waals surface area contributed by atoms with Crippen molar-refractivity contribution in [2.45, 2.75) is 19.4 Å². The molecule has 4 nitrogen and oxygen atoms in total. The topological polar surface area (TPSA) is 66.4 Å². The molecule has 0 spiro atoms. The van der Waals surface area contributed by atoms with E-state index in [0.717, 1.165) is 11.1 Å². The van der Waals surface area contributed by atoms with E-state index in [9.17, 15) is 14.7 Å². The number of hydrogen-bond acceptors (Lipinski definition) is 3. The second-order valence-electron chi connectivity index (χ2n) is 5.31. The average molecular weight is 309 g/mol. The van der Waals surface area contributed by atoms with Crippen LogP contribution in [0.15, 0.2) is 66.9 Å². The number of carboxylic acid groups (broad SMARTS) is 1. The molecule has 0 unspecified atom stereocenters. The summed E-state index contributed by atoms with van der Waals surface area (Å²) in [5.74, 6) is -1.12. The van der Waals surface area contributed by atoms with E-state index in [2.05, 4.69) is 5.32 Å². The van der Waals surface area contributed by atoms with Gasteiger partial charge in [-0.15, -0.1) is 0 Å². The Balaban J connectivity index is 1.96. The zero-order valence-corrected chi connectivity index (χ0v) is 12.9. The number of ketones is 1. The van der Waals surface area contributed by atoms with Gasteiger partial charge in [0.2, 0.25) is 0 Å². The summed E-state index contributed by atoms with van der Waals surface area (Å²) in [6.45, 7) is 1.95. The minimum absolute atomic E-state index is 0.165. The number of carbonyl (C=O) groups excluding carboxylic acids is 1. The Morgan fingerprint density at radius 2 is 1.74 bits per heavy atom. The predicted octanol–water partition coefficient (Wildman–Crippen LogP) is 2.98. The molecule has 118 valence electrons. The van der Waals surface area contributed by atoms with Crippen molar-refractivity contribution in [1.82, 2.24) is 5.32 Å². The molecule has 1 atom stereocenters. The fourth-order valence-electron chi connectivity index (χ4n) is 2.12. The molecule has 0 saturated carbocycles. The lowest BCUT2D eigenvalue weighted by Gasteiger charge is -2.12. The highest BCUT2D eigenvalue weighted by Gasteiger charge is 2.15. The highest BCUT2D eigenvalue weighted by atomic mass is 16.4. The van der Waals surface area contributed by atoms with Crippen LogP contribution in [0.25, 0.3) is 0 Å². The molecule has 2 aromatic carbocycles. The van der Waals surface area contributed by atoms with Crippen LogP contribution in [-0.2, 0) is 11.2 Å². The van der Waals surface area contributed by atoms with Gasteiger partial charge in [-0.2, -0.15) is 0 Å². The van der Waals surface area contributed by atoms with E-state index in [-0.39, 0.29) is 5.78 Å². The number of aryl methyl sites for hydroxylation is 1. The molecule has 0 bridgehead atoms. The molecule has 0 heterocycles. The molecular weight excluding hydrogens is 290 g/mol. The number of benzene rings is 2. The van der Waals surface area contributed by atoms with Crippen molar-refractivity contribution >= 4 is 11.8 Å². The van der Waals surface area contributed by atoms with Crippen LogP contribution >= 0.6 is 0 Å². The predicted molar refractivity (Wildman–Crippen MR) is 89.4 cm³/mol. The summed E-state index contributed by atoms with van der Waals surface area (Å²) >= 11 is 0. The van der Waals surface area contributed by atoms with Gasteiger partial charge in [0.05, 0.1) is 0 Å². The zero-order valence-electron chi connectivity index (χ0n) is 12.9. The van der Waals surface area contributed by atoms with Crippen LogP contribution in [0, 0.1) is 6.92 Å². The van der Waals surface area contributed by atoms with Gasteiger partial charge in [-0.05, 0) is 12.5 Å². The maximum absolute atomic E-state index is 12.0. The number of carbonyl (C=O) groups is 2. The largest absolute Gasteiger partial charge is 0.480 e. The third-order valence-corrected chi connectivity index (χ3v) is 3.45. The van der Waals surface area contributed by atoms with Gasteiger partial charge in [-0.3, -0.25) is 4.79 Å². The minimum atomic E-state index is -0.957. The van der Waals surface area contributed by atoms with Crippen LogP contribution in [0.2, 0.25) is 0 Å². The number of rotatable bonds is 7. The number of hydrogen-bond donors (Lipinski definition) is 2. The molecule has 0 radical (unpaired) electrons. The third kappa shape index (κ3) is 5.11. The van der Waals surface area contributed by atoms with Crippen LogP contribution in [0.4, 0.5) is 0 Å². The Kier molecular flexibility index (Phi) is 5.69. The summed E-state index contributed by atoms with van der Waals surface area (Å²) in [5, 5.41) is 12.0. The summed E-state index contributed by atoms with van der Waals surface area (Å²) < 4.78 is 0. The lowest BCUT2D eigenvalue weighted by Crippen LogP contribution is -2.35. The molecule has 0 aliphatic heterocycles. The summed E-state index contributed by atoms with van der Waals surface area (Å²) in [6, 6.07) is 15.8. The third-order valence-electron chi connectivity index (χ3n) is 3.45. The van der Waals surface area contributed by atoms with Crippen molar-refractivity contribution in [2.75, 3.05) is 0 Å². The monoisotopic (exact) mass is 309 g/mol. The van der Waals surface area contributed by atoms with E-state index in [1.807, 2.05) is 49.4 Å². The summed E-state index contributed by atoms with van der Waals surface area (Å²) in [6.07, 6.45) is 3.11. The maximum Gasteiger partial charge on any atom is 0.326 e. The molecule has 2 aromatic rings. The number of nitrogens with one attached hydrogen (secondary N) is 1. The van der Waals surface area contributed by atoms with Crippen LogP contribution in [0.1, 0.15) is 21.5 Å². The Morgan fingerprint density at radius 3 is 2.35 bits per heavy atom. The molecule has 2 rings (SSSR count). The normalized spacial score (nSPS) is 12.0. The van der Waals surface area contributed by atoms with Gasteiger partial charge in [0.25, 0.3) is 0 Å². The summed E-state index contributed by atoms with van der Waals surface area (Å²) in [7, 11) is 0. The van der Waals surface area contributed by atoms with Crippen molar-refractivity contribution in [3.63, 3.8) is 0 Å². The second-order valence-corrected chi connectivity index (χ2v) is 5.31. The SMILES string of the molecule is Cc1ccc(C(=O)/C=C\N[C@@H](Cc2ccccc2)C(=O)O)cc1. The van der Waals surface area contributed by atoms with E-state index < -0.39 is 12.0 Å². The lowest BCUT2D eigenvalue weighted by molar-refractivity contribution is -0.139. The van der Waals surface area contributed by atoms with E-state index in [0.29, 0.717) is 12.0 Å². The first-order valence-corrected chi connectivity index (χ1v) is 7.36.